The summed E-state index contributed by atoms with van der Waals surface area (Å²) < 4.78 is 0. The summed E-state index contributed by atoms with van der Waals surface area (Å²) in [6.07, 6.45) is 1.68. The second-order valence-corrected chi connectivity index (χ2v) is 8.15. The van der Waals surface area contributed by atoms with Gasteiger partial charge in [0.15, 0.2) is 5.82 Å². The molecule has 140 valence electrons. The Morgan fingerprint density at radius 1 is 1.15 bits per heavy atom. The van der Waals surface area contributed by atoms with Gasteiger partial charge in [-0.3, -0.25) is 4.79 Å². The van der Waals surface area contributed by atoms with Crippen molar-refractivity contribution in [2.75, 3.05) is 11.4 Å². The molecule has 2 heterocycles. The molecule has 0 saturated heterocycles. The highest BCUT2D eigenvalue weighted by molar-refractivity contribution is 7.11. The smallest absolute Gasteiger partial charge is 0.323 e. The number of hydrogen-bond acceptors (Lipinski definition) is 5. The molecule has 0 amide bonds. The van der Waals surface area contributed by atoms with Crippen molar-refractivity contribution in [3.8, 4) is 11.4 Å². The molecule has 3 rings (SSSR count). The third-order valence-electron chi connectivity index (χ3n) is 4.27. The highest BCUT2D eigenvalue weighted by Gasteiger charge is 2.15. The lowest BCUT2D eigenvalue weighted by atomic mass is 10.0. The Kier molecular flexibility index (Phi) is 5.86. The molecule has 0 aliphatic rings. The summed E-state index contributed by atoms with van der Waals surface area (Å²) in [5.74, 6) is 0.790. The Bertz CT molecular complexity index is 919. The van der Waals surface area contributed by atoms with Gasteiger partial charge in [0.2, 0.25) is 0 Å². The third-order valence-corrected chi connectivity index (χ3v) is 5.25. The summed E-state index contributed by atoms with van der Waals surface area (Å²) >= 11 is 1.66. The number of aliphatic carboxylic acids is 1. The number of carboxylic acids is 1. The summed E-state index contributed by atoms with van der Waals surface area (Å²) in [6.45, 7) is 6.75. The number of nitrogens with zero attached hydrogens (tertiary/aromatic N) is 3. The number of rotatable bonds is 7. The average molecular weight is 382 g/mol. The molecule has 0 unspecified atom stereocenters. The first kappa shape index (κ1) is 19.0. The van der Waals surface area contributed by atoms with Gasteiger partial charge in [-0.05, 0) is 36.6 Å². The maximum Gasteiger partial charge on any atom is 0.323 e. The number of carbonyl (C=O) groups is 1. The monoisotopic (exact) mass is 381 g/mol. The van der Waals surface area contributed by atoms with Gasteiger partial charge in [0.25, 0.3) is 0 Å². The van der Waals surface area contributed by atoms with E-state index >= 15 is 0 Å². The van der Waals surface area contributed by atoms with Crippen LogP contribution in [0.2, 0.25) is 0 Å². The molecular weight excluding hydrogens is 358 g/mol. The predicted molar refractivity (Wildman–Crippen MR) is 109 cm³/mol. The second kappa shape index (κ2) is 8.31. The van der Waals surface area contributed by atoms with Crippen LogP contribution in [0, 0.1) is 6.92 Å². The van der Waals surface area contributed by atoms with Crippen molar-refractivity contribution < 1.29 is 9.90 Å². The largest absolute Gasteiger partial charge is 0.480 e. The molecule has 0 aliphatic heterocycles. The molecule has 6 heteroatoms. The molecule has 0 atom stereocenters. The van der Waals surface area contributed by atoms with Crippen molar-refractivity contribution >= 4 is 23.1 Å². The van der Waals surface area contributed by atoms with Crippen molar-refractivity contribution in [1.82, 2.24) is 9.97 Å². The van der Waals surface area contributed by atoms with Crippen LogP contribution in [-0.2, 0) is 11.3 Å². The van der Waals surface area contributed by atoms with Crippen LogP contribution in [0.25, 0.3) is 11.4 Å². The van der Waals surface area contributed by atoms with E-state index < -0.39 is 5.97 Å². The fourth-order valence-electron chi connectivity index (χ4n) is 2.82. The van der Waals surface area contributed by atoms with Gasteiger partial charge in [-0.2, -0.15) is 0 Å². The van der Waals surface area contributed by atoms with Crippen LogP contribution < -0.4 is 4.90 Å². The van der Waals surface area contributed by atoms with Gasteiger partial charge in [0, 0.05) is 21.5 Å². The van der Waals surface area contributed by atoms with Crippen molar-refractivity contribution in [2.24, 2.45) is 0 Å². The van der Waals surface area contributed by atoms with Gasteiger partial charge in [-0.1, -0.05) is 38.1 Å². The number of aryl methyl sites for hydroxylation is 1. The molecule has 0 fully saturated rings. The van der Waals surface area contributed by atoms with Crippen LogP contribution in [0.3, 0.4) is 0 Å². The van der Waals surface area contributed by atoms with Crippen molar-refractivity contribution in [3.63, 3.8) is 0 Å². The average Bonchev–Trinajstić information content (AvgIpc) is 3.06. The van der Waals surface area contributed by atoms with Crippen LogP contribution in [-0.4, -0.2) is 27.6 Å². The van der Waals surface area contributed by atoms with Gasteiger partial charge in [-0.15, -0.1) is 11.3 Å². The van der Waals surface area contributed by atoms with E-state index in [9.17, 15) is 9.90 Å². The molecule has 0 saturated carbocycles. The fraction of sp³-hybridized carbons (Fsp3) is 0.286. The molecule has 1 aromatic carbocycles. The zero-order valence-electron chi connectivity index (χ0n) is 15.7. The second-order valence-electron chi connectivity index (χ2n) is 6.78. The molecule has 0 spiro atoms. The highest BCUT2D eigenvalue weighted by atomic mass is 32.1. The summed E-state index contributed by atoms with van der Waals surface area (Å²) in [5.41, 5.74) is 2.18. The molecule has 0 aliphatic carbocycles. The van der Waals surface area contributed by atoms with Crippen molar-refractivity contribution in [3.05, 3.63) is 64.0 Å². The minimum Gasteiger partial charge on any atom is -0.480 e. The quantitative estimate of drug-likeness (QED) is 0.641. The maximum absolute atomic E-state index is 11.4. The Morgan fingerprint density at radius 2 is 1.89 bits per heavy atom. The highest BCUT2D eigenvalue weighted by Crippen LogP contribution is 2.24. The maximum atomic E-state index is 11.4. The van der Waals surface area contributed by atoms with Gasteiger partial charge in [0.1, 0.15) is 12.4 Å². The lowest BCUT2D eigenvalue weighted by Crippen LogP contribution is -2.29. The summed E-state index contributed by atoms with van der Waals surface area (Å²) in [4.78, 5) is 24.4. The zero-order chi connectivity index (χ0) is 19.4. The van der Waals surface area contributed by atoms with Gasteiger partial charge >= 0.3 is 5.97 Å². The van der Waals surface area contributed by atoms with E-state index in [0.29, 0.717) is 24.1 Å². The Morgan fingerprint density at radius 3 is 2.48 bits per heavy atom. The SMILES string of the molecule is Cc1ccc(CN(CC(=O)O)c2ccnc(-c3ccc(C(C)C)cc3)n2)s1. The van der Waals surface area contributed by atoms with Crippen molar-refractivity contribution in [1.29, 1.82) is 0 Å². The molecule has 0 bridgehead atoms. The molecule has 3 aromatic rings. The standard InChI is InChI=1S/C21H23N3O2S/c1-14(2)16-5-7-17(8-6-16)21-22-11-10-19(23-21)24(13-20(25)26)12-18-9-4-15(3)27-18/h4-11,14H,12-13H2,1-3H3,(H,25,26). The van der Waals surface area contributed by atoms with Crippen LogP contribution >= 0.6 is 11.3 Å². The minimum absolute atomic E-state index is 0.111. The van der Waals surface area contributed by atoms with Crippen molar-refractivity contribution in [2.45, 2.75) is 33.2 Å². The number of anilines is 1. The van der Waals surface area contributed by atoms with Crippen LogP contribution in [0.5, 0.6) is 0 Å². The van der Waals surface area contributed by atoms with Crippen LogP contribution in [0.4, 0.5) is 5.82 Å². The first-order valence-corrected chi connectivity index (χ1v) is 9.69. The number of hydrogen-bond donors (Lipinski definition) is 1. The third kappa shape index (κ3) is 4.92. The van der Waals surface area contributed by atoms with Gasteiger partial charge in [0.05, 0.1) is 6.54 Å². The molecule has 27 heavy (non-hydrogen) atoms. The topological polar surface area (TPSA) is 66.3 Å². The van der Waals surface area contributed by atoms with E-state index in [0.717, 1.165) is 10.4 Å². The summed E-state index contributed by atoms with van der Waals surface area (Å²) in [6, 6.07) is 14.0. The predicted octanol–water partition coefficient (Wildman–Crippen LogP) is 4.73. The van der Waals surface area contributed by atoms with Gasteiger partial charge < -0.3 is 10.0 Å². The summed E-state index contributed by atoms with van der Waals surface area (Å²) in [7, 11) is 0. The Hall–Kier alpha value is -2.73. The van der Waals surface area contributed by atoms with Crippen LogP contribution in [0.15, 0.2) is 48.7 Å². The van der Waals surface area contributed by atoms with E-state index in [1.807, 2.05) is 31.2 Å². The van der Waals surface area contributed by atoms with E-state index in [1.54, 1.807) is 28.5 Å². The van der Waals surface area contributed by atoms with E-state index in [2.05, 4.69) is 35.9 Å². The lowest BCUT2D eigenvalue weighted by Gasteiger charge is -2.21. The Balaban J connectivity index is 1.89. The van der Waals surface area contributed by atoms with Crippen LogP contribution in [0.1, 0.15) is 35.1 Å². The molecule has 5 nitrogen and oxygen atoms in total. The molecule has 1 N–H and O–H groups in total. The van der Waals surface area contributed by atoms with E-state index in [4.69, 9.17) is 0 Å². The molecule has 2 aromatic heterocycles. The minimum atomic E-state index is -0.885. The molecule has 0 radical (unpaired) electrons. The lowest BCUT2D eigenvalue weighted by molar-refractivity contribution is -0.135. The zero-order valence-corrected chi connectivity index (χ0v) is 16.5. The summed E-state index contributed by atoms with van der Waals surface area (Å²) in [5, 5.41) is 9.32. The number of carboxylic acid groups (broad SMARTS) is 1. The fourth-order valence-corrected chi connectivity index (χ4v) is 3.73. The molecular formula is C21H23N3O2S. The van der Waals surface area contributed by atoms with E-state index in [1.165, 1.54) is 10.4 Å². The van der Waals surface area contributed by atoms with E-state index in [-0.39, 0.29) is 6.54 Å². The van der Waals surface area contributed by atoms with Gasteiger partial charge in [-0.25, -0.2) is 9.97 Å². The number of aromatic nitrogens is 2. The first-order valence-electron chi connectivity index (χ1n) is 8.88. The first-order chi connectivity index (χ1) is 12.9. The number of benzene rings is 1. The Labute approximate surface area is 163 Å². The normalized spacial score (nSPS) is 11.0. The number of thiophene rings is 1.